The summed E-state index contributed by atoms with van der Waals surface area (Å²) in [6.45, 7) is 3.06. The standard InChI is InChI=1S/C22H21N3O/c1-2-25-19-11-7-6-10-17(19)18-14-16(12-13-20(18)25)24-21(22(23)26)15-8-4-3-5-9-15/h3-14,21,24H,2H2,1H3,(H2,23,26)/t21-/m0/s1. The molecule has 0 unspecified atom stereocenters. The van der Waals surface area contributed by atoms with Gasteiger partial charge in [-0.1, -0.05) is 48.5 Å². The first kappa shape index (κ1) is 16.2. The molecule has 3 N–H and O–H groups in total. The van der Waals surface area contributed by atoms with Crippen LogP contribution in [0.15, 0.2) is 72.8 Å². The number of primary amides is 1. The SMILES string of the molecule is CCn1c2ccccc2c2cc(N[C@H](C(N)=O)c3ccccc3)ccc21. The van der Waals surface area contributed by atoms with Crippen LogP contribution >= 0.6 is 0 Å². The maximum Gasteiger partial charge on any atom is 0.244 e. The van der Waals surface area contributed by atoms with E-state index in [4.69, 9.17) is 5.73 Å². The zero-order chi connectivity index (χ0) is 18.1. The van der Waals surface area contributed by atoms with Crippen molar-refractivity contribution in [3.05, 3.63) is 78.4 Å². The summed E-state index contributed by atoms with van der Waals surface area (Å²) in [5.41, 5.74) is 9.78. The summed E-state index contributed by atoms with van der Waals surface area (Å²) in [6, 6.07) is 23.6. The number of aryl methyl sites for hydroxylation is 1. The summed E-state index contributed by atoms with van der Waals surface area (Å²) in [4.78, 5) is 12.0. The van der Waals surface area contributed by atoms with Crippen LogP contribution in [0.1, 0.15) is 18.5 Å². The van der Waals surface area contributed by atoms with Crippen LogP contribution < -0.4 is 11.1 Å². The van der Waals surface area contributed by atoms with Crippen molar-refractivity contribution in [2.45, 2.75) is 19.5 Å². The summed E-state index contributed by atoms with van der Waals surface area (Å²) in [6.07, 6.45) is 0. The highest BCUT2D eigenvalue weighted by Crippen LogP contribution is 2.32. The first-order valence-corrected chi connectivity index (χ1v) is 8.81. The molecule has 0 radical (unpaired) electrons. The number of rotatable bonds is 5. The Labute approximate surface area is 152 Å². The van der Waals surface area contributed by atoms with Gasteiger partial charge in [-0.25, -0.2) is 0 Å². The molecule has 4 nitrogen and oxygen atoms in total. The third-order valence-corrected chi connectivity index (χ3v) is 4.82. The van der Waals surface area contributed by atoms with Crippen LogP contribution in [0.25, 0.3) is 21.8 Å². The Bertz CT molecular complexity index is 1080. The molecule has 4 rings (SSSR count). The second kappa shape index (κ2) is 6.56. The number of fused-ring (bicyclic) bond motifs is 3. The van der Waals surface area contributed by atoms with Gasteiger partial charge in [0.05, 0.1) is 0 Å². The number of carbonyl (C=O) groups excluding carboxylic acids is 1. The van der Waals surface area contributed by atoms with Crippen molar-refractivity contribution in [3.8, 4) is 0 Å². The number of aromatic nitrogens is 1. The van der Waals surface area contributed by atoms with E-state index in [1.165, 1.54) is 21.8 Å². The number of nitrogens with two attached hydrogens (primary N) is 1. The molecule has 3 aromatic carbocycles. The van der Waals surface area contributed by atoms with Crippen molar-refractivity contribution in [2.24, 2.45) is 5.73 Å². The van der Waals surface area contributed by atoms with Gasteiger partial charge in [0.15, 0.2) is 0 Å². The van der Waals surface area contributed by atoms with Gasteiger partial charge in [-0.05, 0) is 36.8 Å². The Morgan fingerprint density at radius 2 is 1.65 bits per heavy atom. The average molecular weight is 343 g/mol. The Hall–Kier alpha value is -3.27. The molecule has 0 saturated heterocycles. The van der Waals surface area contributed by atoms with E-state index in [0.29, 0.717) is 0 Å². The topological polar surface area (TPSA) is 60.1 Å². The lowest BCUT2D eigenvalue weighted by atomic mass is 10.1. The minimum absolute atomic E-state index is 0.396. The summed E-state index contributed by atoms with van der Waals surface area (Å²) < 4.78 is 2.30. The Balaban J connectivity index is 1.80. The van der Waals surface area contributed by atoms with Crippen LogP contribution in [-0.2, 0) is 11.3 Å². The molecular weight excluding hydrogens is 322 g/mol. The lowest BCUT2D eigenvalue weighted by molar-refractivity contribution is -0.118. The van der Waals surface area contributed by atoms with E-state index in [2.05, 4.69) is 53.2 Å². The molecule has 1 heterocycles. The number of nitrogens with zero attached hydrogens (tertiary/aromatic N) is 1. The van der Waals surface area contributed by atoms with Gasteiger partial charge in [-0.3, -0.25) is 4.79 Å². The second-order valence-electron chi connectivity index (χ2n) is 6.38. The van der Waals surface area contributed by atoms with E-state index in [1.807, 2.05) is 36.4 Å². The molecular formula is C22H21N3O. The third kappa shape index (κ3) is 2.69. The summed E-state index contributed by atoms with van der Waals surface area (Å²) in [5, 5.41) is 5.68. The molecule has 1 atom stereocenters. The van der Waals surface area contributed by atoms with Crippen LogP contribution in [0, 0.1) is 0 Å². The van der Waals surface area contributed by atoms with Crippen molar-refractivity contribution in [1.29, 1.82) is 0 Å². The summed E-state index contributed by atoms with van der Waals surface area (Å²) >= 11 is 0. The molecule has 4 heteroatoms. The number of carbonyl (C=O) groups is 1. The monoisotopic (exact) mass is 343 g/mol. The minimum atomic E-state index is -0.562. The zero-order valence-electron chi connectivity index (χ0n) is 14.6. The molecule has 1 amide bonds. The predicted molar refractivity (Wildman–Crippen MR) is 107 cm³/mol. The van der Waals surface area contributed by atoms with Gasteiger partial charge < -0.3 is 15.6 Å². The van der Waals surface area contributed by atoms with E-state index in [-0.39, 0.29) is 0 Å². The van der Waals surface area contributed by atoms with Crippen molar-refractivity contribution in [3.63, 3.8) is 0 Å². The van der Waals surface area contributed by atoms with Crippen molar-refractivity contribution < 1.29 is 4.79 Å². The number of anilines is 1. The summed E-state index contributed by atoms with van der Waals surface area (Å²) in [5.74, 6) is -0.396. The largest absolute Gasteiger partial charge is 0.370 e. The highest BCUT2D eigenvalue weighted by atomic mass is 16.1. The number of benzene rings is 3. The molecule has 0 bridgehead atoms. The highest BCUT2D eigenvalue weighted by molar-refractivity contribution is 6.09. The molecule has 1 aromatic heterocycles. The zero-order valence-corrected chi connectivity index (χ0v) is 14.6. The maximum atomic E-state index is 12.0. The highest BCUT2D eigenvalue weighted by Gasteiger charge is 2.18. The van der Waals surface area contributed by atoms with Gasteiger partial charge in [0, 0.05) is 34.0 Å². The Morgan fingerprint density at radius 3 is 2.38 bits per heavy atom. The maximum absolute atomic E-state index is 12.0. The summed E-state index contributed by atoms with van der Waals surface area (Å²) in [7, 11) is 0. The molecule has 0 saturated carbocycles. The van der Waals surface area contributed by atoms with E-state index in [1.54, 1.807) is 0 Å². The normalized spacial score (nSPS) is 12.3. The molecule has 0 fully saturated rings. The second-order valence-corrected chi connectivity index (χ2v) is 6.38. The lowest BCUT2D eigenvalue weighted by Crippen LogP contribution is -2.27. The molecule has 0 aliphatic heterocycles. The number of nitrogens with one attached hydrogen (secondary N) is 1. The first-order chi connectivity index (χ1) is 12.7. The number of hydrogen-bond donors (Lipinski definition) is 2. The van der Waals surface area contributed by atoms with E-state index in [9.17, 15) is 4.79 Å². The smallest absolute Gasteiger partial charge is 0.244 e. The molecule has 26 heavy (non-hydrogen) atoms. The fourth-order valence-corrected chi connectivity index (χ4v) is 3.62. The molecule has 0 spiro atoms. The third-order valence-electron chi connectivity index (χ3n) is 4.82. The van der Waals surface area contributed by atoms with Crippen molar-refractivity contribution >= 4 is 33.4 Å². The van der Waals surface area contributed by atoms with Gasteiger partial charge in [-0.2, -0.15) is 0 Å². The molecule has 0 aliphatic rings. The van der Waals surface area contributed by atoms with Gasteiger partial charge in [-0.15, -0.1) is 0 Å². The predicted octanol–water partition coefficient (Wildman–Crippen LogP) is 4.45. The Morgan fingerprint density at radius 1 is 0.962 bits per heavy atom. The van der Waals surface area contributed by atoms with Crippen LogP contribution in [0.4, 0.5) is 5.69 Å². The van der Waals surface area contributed by atoms with E-state index >= 15 is 0 Å². The van der Waals surface area contributed by atoms with Gasteiger partial charge in [0.2, 0.25) is 5.91 Å². The van der Waals surface area contributed by atoms with E-state index < -0.39 is 11.9 Å². The number of para-hydroxylation sites is 1. The quantitative estimate of drug-likeness (QED) is 0.562. The van der Waals surface area contributed by atoms with Crippen LogP contribution in [0.5, 0.6) is 0 Å². The molecule has 0 aliphatic carbocycles. The van der Waals surface area contributed by atoms with Crippen LogP contribution in [0.3, 0.4) is 0 Å². The fourth-order valence-electron chi connectivity index (χ4n) is 3.62. The van der Waals surface area contributed by atoms with Gasteiger partial charge in [0.1, 0.15) is 6.04 Å². The molecule has 130 valence electrons. The minimum Gasteiger partial charge on any atom is -0.370 e. The van der Waals surface area contributed by atoms with E-state index in [0.717, 1.165) is 17.8 Å². The van der Waals surface area contributed by atoms with Crippen molar-refractivity contribution in [2.75, 3.05) is 5.32 Å². The first-order valence-electron chi connectivity index (χ1n) is 8.81. The fraction of sp³-hybridized carbons (Fsp3) is 0.136. The number of hydrogen-bond acceptors (Lipinski definition) is 2. The van der Waals surface area contributed by atoms with Crippen molar-refractivity contribution in [1.82, 2.24) is 4.57 Å². The number of amides is 1. The van der Waals surface area contributed by atoms with Gasteiger partial charge >= 0.3 is 0 Å². The van der Waals surface area contributed by atoms with Gasteiger partial charge in [0.25, 0.3) is 0 Å². The Kier molecular flexibility index (Phi) is 4.09. The van der Waals surface area contributed by atoms with Crippen LogP contribution in [0.2, 0.25) is 0 Å². The lowest BCUT2D eigenvalue weighted by Gasteiger charge is -2.17. The molecule has 4 aromatic rings. The average Bonchev–Trinajstić information content (AvgIpc) is 2.99. The van der Waals surface area contributed by atoms with Crippen LogP contribution in [-0.4, -0.2) is 10.5 Å².